The van der Waals surface area contributed by atoms with E-state index in [1.54, 1.807) is 4.90 Å². The summed E-state index contributed by atoms with van der Waals surface area (Å²) in [7, 11) is 0. The van der Waals surface area contributed by atoms with Gasteiger partial charge < -0.3 is 10.0 Å². The van der Waals surface area contributed by atoms with Crippen LogP contribution in [0.15, 0.2) is 12.4 Å². The quantitative estimate of drug-likeness (QED) is 0.860. The van der Waals surface area contributed by atoms with E-state index < -0.39 is 0 Å². The topological polar surface area (TPSA) is 66.3 Å². The predicted molar refractivity (Wildman–Crippen MR) is 62.8 cm³/mol. The van der Waals surface area contributed by atoms with Gasteiger partial charge in [0.25, 0.3) is 5.91 Å². The second kappa shape index (κ2) is 5.42. The van der Waals surface area contributed by atoms with Gasteiger partial charge in [0.2, 0.25) is 0 Å². The maximum Gasteiger partial charge on any atom is 0.274 e. The zero-order valence-electron chi connectivity index (χ0n) is 9.34. The zero-order valence-corrected chi connectivity index (χ0v) is 10.1. The minimum atomic E-state index is -0.187. The van der Waals surface area contributed by atoms with Crippen molar-refractivity contribution < 1.29 is 9.90 Å². The van der Waals surface area contributed by atoms with Crippen molar-refractivity contribution in [2.75, 3.05) is 13.2 Å². The third kappa shape index (κ3) is 2.73. The Morgan fingerprint density at radius 3 is 2.94 bits per heavy atom. The highest BCUT2D eigenvalue weighted by Crippen LogP contribution is 2.18. The molecule has 5 nitrogen and oxygen atoms in total. The summed E-state index contributed by atoms with van der Waals surface area (Å²) in [5, 5.41) is 9.51. The molecule has 1 N–H and O–H groups in total. The average molecular weight is 256 g/mol. The van der Waals surface area contributed by atoms with Crippen molar-refractivity contribution in [3.63, 3.8) is 0 Å². The number of aromatic nitrogens is 2. The van der Waals surface area contributed by atoms with Gasteiger partial charge in [-0.2, -0.15) is 0 Å². The summed E-state index contributed by atoms with van der Waals surface area (Å²) < 4.78 is 0. The second-order valence-electron chi connectivity index (χ2n) is 4.06. The van der Waals surface area contributed by atoms with E-state index in [0.717, 1.165) is 19.3 Å². The normalized spacial score (nSPS) is 20.4. The third-order valence-electron chi connectivity index (χ3n) is 2.94. The lowest BCUT2D eigenvalue weighted by atomic mass is 10.0. The van der Waals surface area contributed by atoms with Crippen LogP contribution in [0.2, 0.25) is 5.15 Å². The number of halogens is 1. The Bertz CT molecular complexity index is 396. The van der Waals surface area contributed by atoms with E-state index in [-0.39, 0.29) is 29.4 Å². The molecular weight excluding hydrogens is 242 g/mol. The van der Waals surface area contributed by atoms with Crippen molar-refractivity contribution in [2.24, 2.45) is 0 Å². The lowest BCUT2D eigenvalue weighted by molar-refractivity contribution is 0.0497. The van der Waals surface area contributed by atoms with Gasteiger partial charge in [-0.1, -0.05) is 11.6 Å². The molecule has 6 heteroatoms. The molecule has 1 fully saturated rings. The van der Waals surface area contributed by atoms with Gasteiger partial charge in [0.1, 0.15) is 10.8 Å². The van der Waals surface area contributed by atoms with Gasteiger partial charge in [0.05, 0.1) is 25.0 Å². The predicted octanol–water partition coefficient (Wildman–Crippen LogP) is 1.12. The van der Waals surface area contributed by atoms with Crippen molar-refractivity contribution in [1.29, 1.82) is 0 Å². The van der Waals surface area contributed by atoms with Crippen LogP contribution in [-0.2, 0) is 0 Å². The molecule has 0 radical (unpaired) electrons. The van der Waals surface area contributed by atoms with Crippen molar-refractivity contribution in [2.45, 2.75) is 25.3 Å². The first-order valence-electron chi connectivity index (χ1n) is 5.61. The molecule has 0 spiro atoms. The number of carbonyl (C=O) groups is 1. The van der Waals surface area contributed by atoms with Gasteiger partial charge in [-0.3, -0.25) is 4.79 Å². The fourth-order valence-corrected chi connectivity index (χ4v) is 2.13. The number of hydrogen-bond donors (Lipinski definition) is 1. The van der Waals surface area contributed by atoms with Crippen LogP contribution in [0.4, 0.5) is 0 Å². The summed E-state index contributed by atoms with van der Waals surface area (Å²) in [4.78, 5) is 21.6. The number of amides is 1. The molecule has 17 heavy (non-hydrogen) atoms. The standard InChI is InChI=1S/C11H14ClN3O2/c12-10-6-13-9(5-14-10)11(17)15-4-2-1-3-8(15)7-16/h5-6,8,16H,1-4,7H2. The monoisotopic (exact) mass is 255 g/mol. The Morgan fingerprint density at radius 2 is 2.29 bits per heavy atom. The molecule has 1 aliphatic heterocycles. The van der Waals surface area contributed by atoms with E-state index in [9.17, 15) is 9.90 Å². The molecule has 1 aromatic heterocycles. The number of piperidine rings is 1. The summed E-state index contributed by atoms with van der Waals surface area (Å²) in [6.45, 7) is 0.654. The Kier molecular flexibility index (Phi) is 3.91. The molecular formula is C11H14ClN3O2. The number of carbonyl (C=O) groups excluding carboxylic acids is 1. The van der Waals surface area contributed by atoms with Crippen molar-refractivity contribution in [3.8, 4) is 0 Å². The van der Waals surface area contributed by atoms with Crippen molar-refractivity contribution >= 4 is 17.5 Å². The zero-order chi connectivity index (χ0) is 12.3. The number of hydrogen-bond acceptors (Lipinski definition) is 4. The smallest absolute Gasteiger partial charge is 0.274 e. The lowest BCUT2D eigenvalue weighted by Crippen LogP contribution is -2.45. The van der Waals surface area contributed by atoms with Crippen molar-refractivity contribution in [3.05, 3.63) is 23.2 Å². The summed E-state index contributed by atoms with van der Waals surface area (Å²) in [5.74, 6) is -0.187. The maximum atomic E-state index is 12.1. The van der Waals surface area contributed by atoms with Crippen LogP contribution in [0.25, 0.3) is 0 Å². The van der Waals surface area contributed by atoms with Crippen LogP contribution < -0.4 is 0 Å². The highest BCUT2D eigenvalue weighted by Gasteiger charge is 2.27. The molecule has 92 valence electrons. The van der Waals surface area contributed by atoms with Crippen LogP contribution in [-0.4, -0.2) is 45.1 Å². The van der Waals surface area contributed by atoms with E-state index in [2.05, 4.69) is 9.97 Å². The summed E-state index contributed by atoms with van der Waals surface area (Å²) in [6, 6.07) is -0.103. The first-order chi connectivity index (χ1) is 8.22. The number of likely N-dealkylation sites (tertiary alicyclic amines) is 1. The van der Waals surface area contributed by atoms with Gasteiger partial charge in [0, 0.05) is 6.54 Å². The second-order valence-corrected chi connectivity index (χ2v) is 4.44. The maximum absolute atomic E-state index is 12.1. The SMILES string of the molecule is O=C(c1cnc(Cl)cn1)N1CCCCC1CO. The molecule has 2 heterocycles. The molecule has 1 aliphatic rings. The van der Waals surface area contributed by atoms with E-state index in [0.29, 0.717) is 6.54 Å². The van der Waals surface area contributed by atoms with Gasteiger partial charge >= 0.3 is 0 Å². The first-order valence-corrected chi connectivity index (χ1v) is 5.99. The van der Waals surface area contributed by atoms with Crippen LogP contribution >= 0.6 is 11.6 Å². The number of aliphatic hydroxyl groups is 1. The molecule has 1 saturated heterocycles. The van der Waals surface area contributed by atoms with Gasteiger partial charge in [0.15, 0.2) is 0 Å². The molecule has 1 amide bonds. The minimum absolute atomic E-state index is 0.00718. The van der Waals surface area contributed by atoms with Crippen LogP contribution in [0.1, 0.15) is 29.8 Å². The van der Waals surface area contributed by atoms with Gasteiger partial charge in [-0.05, 0) is 19.3 Å². The van der Waals surface area contributed by atoms with Crippen LogP contribution in [0, 0.1) is 0 Å². The van der Waals surface area contributed by atoms with Crippen molar-refractivity contribution in [1.82, 2.24) is 14.9 Å². The molecule has 0 bridgehead atoms. The van der Waals surface area contributed by atoms with E-state index in [1.165, 1.54) is 12.4 Å². The summed E-state index contributed by atoms with van der Waals surface area (Å²) in [5.41, 5.74) is 0.273. The molecule has 1 atom stereocenters. The van der Waals surface area contributed by atoms with Crippen LogP contribution in [0.3, 0.4) is 0 Å². The lowest BCUT2D eigenvalue weighted by Gasteiger charge is -2.34. The fourth-order valence-electron chi connectivity index (χ4n) is 2.03. The number of nitrogens with zero attached hydrogens (tertiary/aromatic N) is 3. The minimum Gasteiger partial charge on any atom is -0.394 e. The van der Waals surface area contributed by atoms with Crippen LogP contribution in [0.5, 0.6) is 0 Å². The molecule has 1 unspecified atom stereocenters. The molecule has 0 aromatic carbocycles. The molecule has 2 rings (SSSR count). The fraction of sp³-hybridized carbons (Fsp3) is 0.545. The molecule has 0 saturated carbocycles. The highest BCUT2D eigenvalue weighted by molar-refractivity contribution is 6.29. The van der Waals surface area contributed by atoms with E-state index >= 15 is 0 Å². The Hall–Kier alpha value is -1.20. The Labute approximate surface area is 104 Å². The van der Waals surface area contributed by atoms with E-state index in [4.69, 9.17) is 11.6 Å². The molecule has 1 aromatic rings. The average Bonchev–Trinajstić information content (AvgIpc) is 2.39. The Balaban J connectivity index is 2.15. The Morgan fingerprint density at radius 1 is 1.47 bits per heavy atom. The number of aliphatic hydroxyl groups excluding tert-OH is 1. The highest BCUT2D eigenvalue weighted by atomic mass is 35.5. The third-order valence-corrected chi connectivity index (χ3v) is 3.13. The summed E-state index contributed by atoms with van der Waals surface area (Å²) in [6.07, 6.45) is 5.56. The van der Waals surface area contributed by atoms with Gasteiger partial charge in [-0.25, -0.2) is 9.97 Å². The van der Waals surface area contributed by atoms with E-state index in [1.807, 2.05) is 0 Å². The molecule has 0 aliphatic carbocycles. The number of rotatable bonds is 2. The summed E-state index contributed by atoms with van der Waals surface area (Å²) >= 11 is 5.62. The van der Waals surface area contributed by atoms with Gasteiger partial charge in [-0.15, -0.1) is 0 Å². The first kappa shape index (κ1) is 12.3. The largest absolute Gasteiger partial charge is 0.394 e.